The van der Waals surface area contributed by atoms with E-state index in [2.05, 4.69) is 65.8 Å². The molecular formula is C18H18N2. The van der Waals surface area contributed by atoms with Crippen LogP contribution < -0.4 is 5.32 Å². The van der Waals surface area contributed by atoms with Crippen molar-refractivity contribution in [1.82, 2.24) is 4.98 Å². The molecule has 0 saturated heterocycles. The van der Waals surface area contributed by atoms with E-state index < -0.39 is 0 Å². The zero-order chi connectivity index (χ0) is 13.8. The monoisotopic (exact) mass is 262 g/mol. The Bertz CT molecular complexity index is 687. The fourth-order valence-electron chi connectivity index (χ4n) is 2.52. The molecule has 1 heterocycles. The van der Waals surface area contributed by atoms with Crippen LogP contribution in [0, 0.1) is 0 Å². The third-order valence-electron chi connectivity index (χ3n) is 3.47. The Kier molecular flexibility index (Phi) is 3.64. The predicted molar refractivity (Wildman–Crippen MR) is 85.0 cm³/mol. The number of nitrogens with one attached hydrogen (secondary N) is 1. The highest BCUT2D eigenvalue weighted by atomic mass is 14.9. The Morgan fingerprint density at radius 1 is 1.00 bits per heavy atom. The van der Waals surface area contributed by atoms with Crippen molar-refractivity contribution in [2.45, 2.75) is 19.4 Å². The summed E-state index contributed by atoms with van der Waals surface area (Å²) in [6, 6.07) is 19.3. The maximum absolute atomic E-state index is 4.22. The topological polar surface area (TPSA) is 24.9 Å². The van der Waals surface area contributed by atoms with Crippen molar-refractivity contribution in [3.8, 4) is 0 Å². The summed E-state index contributed by atoms with van der Waals surface area (Å²) in [6.07, 6.45) is 4.77. The van der Waals surface area contributed by atoms with Crippen molar-refractivity contribution < 1.29 is 0 Å². The van der Waals surface area contributed by atoms with Gasteiger partial charge in [-0.1, -0.05) is 42.5 Å². The van der Waals surface area contributed by atoms with Crippen molar-refractivity contribution >= 4 is 16.5 Å². The molecule has 1 aromatic heterocycles. The normalized spacial score (nSPS) is 12.2. The molecular weight excluding hydrogens is 244 g/mol. The lowest BCUT2D eigenvalue weighted by atomic mass is 10.1. The maximum atomic E-state index is 4.22. The minimum Gasteiger partial charge on any atom is -0.382 e. The summed E-state index contributed by atoms with van der Waals surface area (Å²) in [7, 11) is 0. The molecule has 2 heteroatoms. The summed E-state index contributed by atoms with van der Waals surface area (Å²) < 4.78 is 0. The Morgan fingerprint density at radius 3 is 2.70 bits per heavy atom. The summed E-state index contributed by atoms with van der Waals surface area (Å²) in [6.45, 7) is 2.21. The number of benzene rings is 2. The van der Waals surface area contributed by atoms with E-state index in [4.69, 9.17) is 0 Å². The van der Waals surface area contributed by atoms with Crippen LogP contribution in [-0.2, 0) is 6.42 Å². The quantitative estimate of drug-likeness (QED) is 0.759. The van der Waals surface area contributed by atoms with Gasteiger partial charge in [0.2, 0.25) is 0 Å². The number of fused-ring (bicyclic) bond motifs is 1. The van der Waals surface area contributed by atoms with Gasteiger partial charge in [0.05, 0.1) is 0 Å². The smallest absolute Gasteiger partial charge is 0.0437 e. The second-order valence-corrected chi connectivity index (χ2v) is 5.14. The fourth-order valence-corrected chi connectivity index (χ4v) is 2.52. The molecule has 0 spiro atoms. The van der Waals surface area contributed by atoms with Gasteiger partial charge in [-0.15, -0.1) is 0 Å². The van der Waals surface area contributed by atoms with E-state index >= 15 is 0 Å². The Labute approximate surface area is 119 Å². The maximum Gasteiger partial charge on any atom is 0.0437 e. The van der Waals surface area contributed by atoms with E-state index in [9.17, 15) is 0 Å². The van der Waals surface area contributed by atoms with E-state index in [0.29, 0.717) is 6.04 Å². The van der Waals surface area contributed by atoms with Gasteiger partial charge in [0.1, 0.15) is 0 Å². The molecule has 0 aliphatic rings. The molecule has 2 aromatic carbocycles. The lowest BCUT2D eigenvalue weighted by molar-refractivity contribution is 0.791. The number of aromatic nitrogens is 1. The molecule has 100 valence electrons. The highest BCUT2D eigenvalue weighted by Crippen LogP contribution is 2.23. The van der Waals surface area contributed by atoms with Crippen LogP contribution in [0.1, 0.15) is 12.5 Å². The molecule has 1 N–H and O–H groups in total. The Morgan fingerprint density at radius 2 is 1.85 bits per heavy atom. The van der Waals surface area contributed by atoms with Crippen LogP contribution in [0.15, 0.2) is 67.0 Å². The molecule has 0 amide bonds. The number of hydrogen-bond donors (Lipinski definition) is 1. The first kappa shape index (κ1) is 12.7. The number of rotatable bonds is 4. The Balaban J connectivity index is 1.79. The summed E-state index contributed by atoms with van der Waals surface area (Å²) in [5.74, 6) is 0. The molecule has 0 fully saturated rings. The van der Waals surface area contributed by atoms with Gasteiger partial charge < -0.3 is 5.32 Å². The molecule has 0 bridgehead atoms. The summed E-state index contributed by atoms with van der Waals surface area (Å²) in [5, 5.41) is 5.99. The molecule has 1 atom stereocenters. The van der Waals surface area contributed by atoms with Crippen molar-refractivity contribution in [3.05, 3.63) is 72.6 Å². The molecule has 0 aliphatic carbocycles. The average Bonchev–Trinajstić information content (AvgIpc) is 2.48. The summed E-state index contributed by atoms with van der Waals surface area (Å²) in [5.41, 5.74) is 2.50. The molecule has 3 rings (SSSR count). The third kappa shape index (κ3) is 2.80. The third-order valence-corrected chi connectivity index (χ3v) is 3.47. The van der Waals surface area contributed by atoms with Crippen LogP contribution in [-0.4, -0.2) is 11.0 Å². The molecule has 20 heavy (non-hydrogen) atoms. The highest BCUT2D eigenvalue weighted by molar-refractivity contribution is 5.93. The number of hydrogen-bond acceptors (Lipinski definition) is 2. The van der Waals surface area contributed by atoms with E-state index in [1.807, 2.05) is 18.5 Å². The number of pyridine rings is 1. The summed E-state index contributed by atoms with van der Waals surface area (Å²) >= 11 is 0. The predicted octanol–water partition coefficient (Wildman–Crippen LogP) is 4.28. The van der Waals surface area contributed by atoms with Gasteiger partial charge in [-0.3, -0.25) is 4.98 Å². The zero-order valence-corrected chi connectivity index (χ0v) is 11.6. The van der Waals surface area contributed by atoms with Crippen LogP contribution in [0.4, 0.5) is 5.69 Å². The van der Waals surface area contributed by atoms with E-state index in [1.54, 1.807) is 0 Å². The molecule has 0 saturated carbocycles. The molecule has 2 nitrogen and oxygen atoms in total. The second-order valence-electron chi connectivity index (χ2n) is 5.14. The van der Waals surface area contributed by atoms with Gasteiger partial charge in [-0.2, -0.15) is 0 Å². The van der Waals surface area contributed by atoms with Crippen LogP contribution in [0.25, 0.3) is 10.8 Å². The SMILES string of the molecule is CC(Cc1ccccc1)Nc1cccc2ccncc12. The standard InChI is InChI=1S/C18H18N2/c1-14(12-15-6-3-2-4-7-15)20-18-9-5-8-16-10-11-19-13-17(16)18/h2-11,13-14,20H,12H2,1H3. The first-order valence-electron chi connectivity index (χ1n) is 6.96. The van der Waals surface area contributed by atoms with Gasteiger partial charge in [0.15, 0.2) is 0 Å². The van der Waals surface area contributed by atoms with Crippen molar-refractivity contribution in [3.63, 3.8) is 0 Å². The van der Waals surface area contributed by atoms with Crippen LogP contribution >= 0.6 is 0 Å². The van der Waals surface area contributed by atoms with Crippen molar-refractivity contribution in [2.24, 2.45) is 0 Å². The highest BCUT2D eigenvalue weighted by Gasteiger charge is 2.06. The number of anilines is 1. The first-order valence-corrected chi connectivity index (χ1v) is 6.96. The molecule has 3 aromatic rings. The largest absolute Gasteiger partial charge is 0.382 e. The van der Waals surface area contributed by atoms with E-state index in [1.165, 1.54) is 16.3 Å². The lowest BCUT2D eigenvalue weighted by Crippen LogP contribution is -2.18. The van der Waals surface area contributed by atoms with Gasteiger partial charge in [0, 0.05) is 29.5 Å². The van der Waals surface area contributed by atoms with Crippen LogP contribution in [0.5, 0.6) is 0 Å². The molecule has 0 aliphatic heterocycles. The van der Waals surface area contributed by atoms with Crippen molar-refractivity contribution in [1.29, 1.82) is 0 Å². The van der Waals surface area contributed by atoms with Crippen LogP contribution in [0.3, 0.4) is 0 Å². The van der Waals surface area contributed by atoms with Gasteiger partial charge in [-0.05, 0) is 36.4 Å². The fraction of sp³-hybridized carbons (Fsp3) is 0.167. The second kappa shape index (κ2) is 5.74. The lowest BCUT2D eigenvalue weighted by Gasteiger charge is -2.17. The summed E-state index contributed by atoms with van der Waals surface area (Å²) in [4.78, 5) is 4.22. The average molecular weight is 262 g/mol. The van der Waals surface area contributed by atoms with Crippen LogP contribution in [0.2, 0.25) is 0 Å². The van der Waals surface area contributed by atoms with Crippen molar-refractivity contribution in [2.75, 3.05) is 5.32 Å². The molecule has 0 radical (unpaired) electrons. The number of nitrogens with zero attached hydrogens (tertiary/aromatic N) is 1. The molecule has 1 unspecified atom stereocenters. The van der Waals surface area contributed by atoms with E-state index in [-0.39, 0.29) is 0 Å². The van der Waals surface area contributed by atoms with Gasteiger partial charge in [-0.25, -0.2) is 0 Å². The van der Waals surface area contributed by atoms with E-state index in [0.717, 1.165) is 12.1 Å². The Hall–Kier alpha value is -2.35. The van der Waals surface area contributed by atoms with Gasteiger partial charge in [0.25, 0.3) is 0 Å². The zero-order valence-electron chi connectivity index (χ0n) is 11.6. The minimum absolute atomic E-state index is 0.378. The first-order chi connectivity index (χ1) is 9.83. The van der Waals surface area contributed by atoms with Gasteiger partial charge >= 0.3 is 0 Å². The minimum atomic E-state index is 0.378.